The molecule has 3 nitrogen and oxygen atoms in total. The van der Waals surface area contributed by atoms with Crippen LogP contribution in [0, 0.1) is 0 Å². The molecule has 3 heteroatoms. The van der Waals surface area contributed by atoms with E-state index in [9.17, 15) is 5.11 Å². The molecule has 0 aromatic heterocycles. The Morgan fingerprint density at radius 1 is 1.27 bits per heavy atom. The molecule has 15 heavy (non-hydrogen) atoms. The van der Waals surface area contributed by atoms with E-state index in [0.717, 1.165) is 31.6 Å². The molecule has 1 aromatic carbocycles. The minimum atomic E-state index is -0.358. The van der Waals surface area contributed by atoms with E-state index in [0.29, 0.717) is 6.04 Å². The maximum atomic E-state index is 10.0. The summed E-state index contributed by atoms with van der Waals surface area (Å²) in [7, 11) is 0. The number of piperazine rings is 1. The molecule has 2 atom stereocenters. The molecule has 0 spiro atoms. The Hall–Kier alpha value is -0.900. The molecule has 2 rings (SSSR count). The van der Waals surface area contributed by atoms with Crippen molar-refractivity contribution >= 4 is 0 Å². The third-order valence-corrected chi connectivity index (χ3v) is 2.82. The van der Waals surface area contributed by atoms with Crippen LogP contribution in [0.4, 0.5) is 0 Å². The van der Waals surface area contributed by atoms with Gasteiger partial charge >= 0.3 is 0 Å². The predicted octanol–water partition coefficient (Wildman–Crippen LogP) is 0.671. The molecule has 1 fully saturated rings. The topological polar surface area (TPSA) is 44.3 Å². The number of rotatable bonds is 3. The number of hydrogen-bond acceptors (Lipinski definition) is 3. The Bertz CT molecular complexity index is 283. The zero-order chi connectivity index (χ0) is 10.5. The van der Waals surface area contributed by atoms with Crippen LogP contribution < -0.4 is 10.6 Å². The molecule has 0 aliphatic carbocycles. The van der Waals surface area contributed by atoms with E-state index < -0.39 is 0 Å². The van der Waals surface area contributed by atoms with Crippen molar-refractivity contribution in [1.29, 1.82) is 0 Å². The van der Waals surface area contributed by atoms with E-state index in [1.807, 2.05) is 30.3 Å². The number of hydrogen-bond donors (Lipinski definition) is 3. The lowest BCUT2D eigenvalue weighted by Gasteiger charge is -2.26. The van der Waals surface area contributed by atoms with Crippen LogP contribution >= 0.6 is 0 Å². The normalized spacial score (nSPS) is 23.7. The fourth-order valence-corrected chi connectivity index (χ4v) is 1.96. The van der Waals surface area contributed by atoms with Crippen molar-refractivity contribution in [2.45, 2.75) is 18.6 Å². The summed E-state index contributed by atoms with van der Waals surface area (Å²) in [5.74, 6) is 0. The first-order chi connectivity index (χ1) is 7.36. The third kappa shape index (κ3) is 3.02. The number of aliphatic hydroxyl groups is 1. The molecule has 0 bridgehead atoms. The van der Waals surface area contributed by atoms with Gasteiger partial charge in [-0.05, 0) is 12.0 Å². The zero-order valence-electron chi connectivity index (χ0n) is 8.82. The van der Waals surface area contributed by atoms with Crippen molar-refractivity contribution in [3.05, 3.63) is 35.9 Å². The molecular formula is C12H18N2O. The second-order valence-corrected chi connectivity index (χ2v) is 4.02. The maximum absolute atomic E-state index is 10.0. The average molecular weight is 206 g/mol. The van der Waals surface area contributed by atoms with E-state index in [4.69, 9.17) is 0 Å². The van der Waals surface area contributed by atoms with Gasteiger partial charge in [-0.3, -0.25) is 0 Å². The van der Waals surface area contributed by atoms with Gasteiger partial charge in [0.15, 0.2) is 0 Å². The van der Waals surface area contributed by atoms with E-state index >= 15 is 0 Å². The number of benzene rings is 1. The lowest BCUT2D eigenvalue weighted by molar-refractivity contribution is 0.147. The average Bonchev–Trinajstić information content (AvgIpc) is 2.31. The highest BCUT2D eigenvalue weighted by Gasteiger charge is 2.17. The van der Waals surface area contributed by atoms with Gasteiger partial charge in [0.25, 0.3) is 0 Å². The van der Waals surface area contributed by atoms with Crippen molar-refractivity contribution in [1.82, 2.24) is 10.6 Å². The molecule has 3 N–H and O–H groups in total. The molecule has 82 valence electrons. The van der Waals surface area contributed by atoms with Gasteiger partial charge in [-0.2, -0.15) is 0 Å². The fourth-order valence-electron chi connectivity index (χ4n) is 1.96. The summed E-state index contributed by atoms with van der Waals surface area (Å²) in [5.41, 5.74) is 1.00. The SMILES string of the molecule is O[C@@H](CC1CNCCN1)c1ccccc1. The first-order valence-electron chi connectivity index (χ1n) is 5.53. The van der Waals surface area contributed by atoms with Crippen LogP contribution in [-0.4, -0.2) is 30.8 Å². The molecular weight excluding hydrogens is 188 g/mol. The Balaban J connectivity index is 1.88. The second kappa shape index (κ2) is 5.26. The molecule has 1 aliphatic rings. The zero-order valence-corrected chi connectivity index (χ0v) is 8.82. The van der Waals surface area contributed by atoms with E-state index in [2.05, 4.69) is 10.6 Å². The Morgan fingerprint density at radius 3 is 2.73 bits per heavy atom. The minimum absolute atomic E-state index is 0.358. The van der Waals surface area contributed by atoms with Gasteiger partial charge in [0.2, 0.25) is 0 Å². The molecule has 0 saturated carbocycles. The summed E-state index contributed by atoms with van der Waals surface area (Å²) >= 11 is 0. The molecule has 1 aromatic rings. The number of aliphatic hydroxyl groups excluding tert-OH is 1. The van der Waals surface area contributed by atoms with Crippen molar-refractivity contribution in [2.75, 3.05) is 19.6 Å². The highest BCUT2D eigenvalue weighted by molar-refractivity contribution is 5.17. The fraction of sp³-hybridized carbons (Fsp3) is 0.500. The first kappa shape index (κ1) is 10.6. The summed E-state index contributed by atoms with van der Waals surface area (Å²) in [6.07, 6.45) is 0.417. The Labute approximate surface area is 90.5 Å². The largest absolute Gasteiger partial charge is 0.388 e. The Morgan fingerprint density at radius 2 is 2.07 bits per heavy atom. The van der Waals surface area contributed by atoms with Crippen molar-refractivity contribution < 1.29 is 5.11 Å². The minimum Gasteiger partial charge on any atom is -0.388 e. The standard InChI is InChI=1S/C12H18N2O/c15-12(10-4-2-1-3-5-10)8-11-9-13-6-7-14-11/h1-5,11-15H,6-9H2/t11?,12-/m0/s1. The maximum Gasteiger partial charge on any atom is 0.0805 e. The monoisotopic (exact) mass is 206 g/mol. The van der Waals surface area contributed by atoms with Crippen LogP contribution in [0.1, 0.15) is 18.1 Å². The van der Waals surface area contributed by atoms with Crippen LogP contribution in [0.15, 0.2) is 30.3 Å². The van der Waals surface area contributed by atoms with Gasteiger partial charge in [-0.25, -0.2) is 0 Å². The first-order valence-corrected chi connectivity index (χ1v) is 5.53. The summed E-state index contributed by atoms with van der Waals surface area (Å²) in [6.45, 7) is 2.97. The molecule has 0 amide bonds. The van der Waals surface area contributed by atoms with E-state index in [-0.39, 0.29) is 6.10 Å². The molecule has 0 radical (unpaired) electrons. The van der Waals surface area contributed by atoms with Crippen LogP contribution in [0.2, 0.25) is 0 Å². The molecule has 1 aliphatic heterocycles. The van der Waals surface area contributed by atoms with Gasteiger partial charge in [0, 0.05) is 25.7 Å². The van der Waals surface area contributed by atoms with Gasteiger partial charge < -0.3 is 15.7 Å². The summed E-state index contributed by atoms with van der Waals surface area (Å²) in [5, 5.41) is 16.7. The lowest BCUT2D eigenvalue weighted by atomic mass is 10.0. The lowest BCUT2D eigenvalue weighted by Crippen LogP contribution is -2.48. The second-order valence-electron chi connectivity index (χ2n) is 4.02. The van der Waals surface area contributed by atoms with E-state index in [1.54, 1.807) is 0 Å². The smallest absolute Gasteiger partial charge is 0.0805 e. The molecule has 1 unspecified atom stereocenters. The quantitative estimate of drug-likeness (QED) is 0.681. The molecule has 1 heterocycles. The molecule has 1 saturated heterocycles. The van der Waals surface area contributed by atoms with Crippen LogP contribution in [0.25, 0.3) is 0 Å². The number of nitrogens with one attached hydrogen (secondary N) is 2. The highest BCUT2D eigenvalue weighted by atomic mass is 16.3. The summed E-state index contributed by atoms with van der Waals surface area (Å²) < 4.78 is 0. The van der Waals surface area contributed by atoms with Crippen LogP contribution in [0.3, 0.4) is 0 Å². The van der Waals surface area contributed by atoms with Gasteiger partial charge in [0.1, 0.15) is 0 Å². The van der Waals surface area contributed by atoms with Crippen LogP contribution in [0.5, 0.6) is 0 Å². The third-order valence-electron chi connectivity index (χ3n) is 2.82. The van der Waals surface area contributed by atoms with Crippen molar-refractivity contribution in [3.63, 3.8) is 0 Å². The Kier molecular flexibility index (Phi) is 3.72. The van der Waals surface area contributed by atoms with Gasteiger partial charge in [-0.15, -0.1) is 0 Å². The van der Waals surface area contributed by atoms with Gasteiger partial charge in [0.05, 0.1) is 6.10 Å². The van der Waals surface area contributed by atoms with E-state index in [1.165, 1.54) is 0 Å². The highest BCUT2D eigenvalue weighted by Crippen LogP contribution is 2.17. The summed E-state index contributed by atoms with van der Waals surface area (Å²) in [6, 6.07) is 10.2. The summed E-state index contributed by atoms with van der Waals surface area (Å²) in [4.78, 5) is 0. The van der Waals surface area contributed by atoms with Crippen molar-refractivity contribution in [2.24, 2.45) is 0 Å². The van der Waals surface area contributed by atoms with Crippen LogP contribution in [-0.2, 0) is 0 Å². The van der Waals surface area contributed by atoms with Crippen molar-refractivity contribution in [3.8, 4) is 0 Å². The van der Waals surface area contributed by atoms with Gasteiger partial charge in [-0.1, -0.05) is 30.3 Å². The predicted molar refractivity (Wildman–Crippen MR) is 60.7 cm³/mol.